The minimum Gasteiger partial charge on any atom is -0.470 e. The Labute approximate surface area is 166 Å². The molecule has 0 aliphatic carbocycles. The highest BCUT2D eigenvalue weighted by Gasteiger charge is 2.30. The largest absolute Gasteiger partial charge is 0.470 e. The minimum atomic E-state index is -0.548. The van der Waals surface area contributed by atoms with Gasteiger partial charge in [-0.05, 0) is 35.7 Å². The molecule has 4 rings (SSSR count). The molecule has 0 bridgehead atoms. The summed E-state index contributed by atoms with van der Waals surface area (Å²) in [7, 11) is 0. The maximum atomic E-state index is 14.3. The van der Waals surface area contributed by atoms with Crippen molar-refractivity contribution in [2.24, 2.45) is 0 Å². The van der Waals surface area contributed by atoms with Crippen LogP contribution in [0.5, 0.6) is 5.88 Å². The van der Waals surface area contributed by atoms with Crippen LogP contribution in [0.3, 0.4) is 0 Å². The summed E-state index contributed by atoms with van der Waals surface area (Å²) in [6.07, 6.45) is 3.70. The number of H-pyrrole nitrogens is 1. The second-order valence-corrected chi connectivity index (χ2v) is 6.88. The average Bonchev–Trinajstić information content (AvgIpc) is 3.40. The zero-order valence-corrected chi connectivity index (χ0v) is 15.9. The summed E-state index contributed by atoms with van der Waals surface area (Å²) in [6.45, 7) is 2.65. The van der Waals surface area contributed by atoms with Crippen LogP contribution < -0.4 is 4.74 Å². The molecule has 0 radical (unpaired) electrons. The molecule has 0 saturated carbocycles. The first-order valence-corrected chi connectivity index (χ1v) is 9.44. The number of aryl methyl sites for hydroxylation is 1. The molecule has 1 fully saturated rings. The lowest BCUT2D eigenvalue weighted by Crippen LogP contribution is -2.31. The van der Waals surface area contributed by atoms with E-state index in [0.717, 1.165) is 11.1 Å². The molecule has 1 atom stereocenters. The highest BCUT2D eigenvalue weighted by atomic mass is 19.1. The van der Waals surface area contributed by atoms with Crippen LogP contribution in [0.15, 0.2) is 42.9 Å². The van der Waals surface area contributed by atoms with Crippen molar-refractivity contribution >= 4 is 5.91 Å². The predicted octanol–water partition coefficient (Wildman–Crippen LogP) is 3.61. The van der Waals surface area contributed by atoms with Crippen LogP contribution >= 0.6 is 0 Å². The summed E-state index contributed by atoms with van der Waals surface area (Å²) in [5.74, 6) is -1.10. The number of nitrogens with zero attached hydrogens (tertiary/aromatic N) is 3. The summed E-state index contributed by atoms with van der Waals surface area (Å²) in [4.78, 5) is 25.2. The normalized spacial score (nSPS) is 16.2. The first-order valence-electron chi connectivity index (χ1n) is 9.44. The van der Waals surface area contributed by atoms with E-state index >= 15 is 0 Å². The Hall–Kier alpha value is -3.29. The van der Waals surface area contributed by atoms with Crippen LogP contribution in [0.2, 0.25) is 0 Å². The number of carbonyl (C=O) groups excluding carboxylic acids is 1. The smallest absolute Gasteiger partial charge is 0.270 e. The van der Waals surface area contributed by atoms with E-state index in [4.69, 9.17) is 4.74 Å². The summed E-state index contributed by atoms with van der Waals surface area (Å²) >= 11 is 0. The molecule has 6 nitrogen and oxygen atoms in total. The molecule has 0 spiro atoms. The van der Waals surface area contributed by atoms with Crippen LogP contribution in [0, 0.1) is 11.6 Å². The first kappa shape index (κ1) is 19.0. The van der Waals surface area contributed by atoms with Gasteiger partial charge in [-0.15, -0.1) is 0 Å². The van der Waals surface area contributed by atoms with Crippen LogP contribution in [0.4, 0.5) is 8.78 Å². The van der Waals surface area contributed by atoms with Crippen molar-refractivity contribution < 1.29 is 18.3 Å². The fraction of sp³-hybridized carbons (Fsp3) is 0.286. The van der Waals surface area contributed by atoms with Crippen molar-refractivity contribution in [3.8, 4) is 17.0 Å². The molecule has 1 aromatic carbocycles. The van der Waals surface area contributed by atoms with E-state index in [9.17, 15) is 13.6 Å². The van der Waals surface area contributed by atoms with E-state index in [1.165, 1.54) is 18.5 Å². The summed E-state index contributed by atoms with van der Waals surface area (Å²) < 4.78 is 33.1. The molecule has 1 saturated heterocycles. The van der Waals surface area contributed by atoms with Gasteiger partial charge < -0.3 is 14.6 Å². The van der Waals surface area contributed by atoms with E-state index < -0.39 is 5.82 Å². The van der Waals surface area contributed by atoms with Crippen LogP contribution in [0.25, 0.3) is 11.1 Å². The van der Waals surface area contributed by atoms with E-state index in [2.05, 4.69) is 15.0 Å². The zero-order valence-electron chi connectivity index (χ0n) is 15.9. The quantitative estimate of drug-likeness (QED) is 0.713. The highest BCUT2D eigenvalue weighted by molar-refractivity contribution is 5.94. The van der Waals surface area contributed by atoms with E-state index in [-0.39, 0.29) is 23.7 Å². The number of rotatable bonds is 5. The second kappa shape index (κ2) is 7.98. The summed E-state index contributed by atoms with van der Waals surface area (Å²) in [5, 5.41) is 0. The number of hydrogen-bond donors (Lipinski definition) is 1. The number of ether oxygens (including phenoxy) is 1. The van der Waals surface area contributed by atoms with Crippen molar-refractivity contribution in [2.75, 3.05) is 13.1 Å². The Morgan fingerprint density at radius 3 is 2.79 bits per heavy atom. The summed E-state index contributed by atoms with van der Waals surface area (Å²) in [6, 6.07) is 7.81. The lowest BCUT2D eigenvalue weighted by atomic mass is 10.1. The van der Waals surface area contributed by atoms with E-state index in [0.29, 0.717) is 37.3 Å². The SMILES string of the molecule is CCc1ncnc(O[C@@H]2CCN(C(=O)c3cc(-c4ccc(F)cc4)c[nH]3)C2)c1F. The standard InChI is InChI=1S/C21H20F2N4O2/c1-2-17-19(23)20(26-12-25-17)29-16-7-8-27(11-16)21(28)18-9-14(10-24-18)13-3-5-15(22)6-4-13/h3-6,9-10,12,16,24H,2,7-8,11H2,1H3/t16-/m1/s1. The van der Waals surface area contributed by atoms with Crippen LogP contribution in [0.1, 0.15) is 29.5 Å². The Morgan fingerprint density at radius 2 is 2.03 bits per heavy atom. The van der Waals surface area contributed by atoms with Gasteiger partial charge in [-0.1, -0.05) is 19.1 Å². The molecule has 1 amide bonds. The number of aromatic amines is 1. The van der Waals surface area contributed by atoms with Gasteiger partial charge in [0.15, 0.2) is 0 Å². The summed E-state index contributed by atoms with van der Waals surface area (Å²) in [5.41, 5.74) is 2.36. The van der Waals surface area contributed by atoms with Crippen LogP contribution in [-0.2, 0) is 6.42 Å². The molecule has 8 heteroatoms. The molecular formula is C21H20F2N4O2. The van der Waals surface area contributed by atoms with Gasteiger partial charge in [0.05, 0.1) is 12.2 Å². The third kappa shape index (κ3) is 3.96. The fourth-order valence-electron chi connectivity index (χ4n) is 3.38. The molecule has 1 aliphatic heterocycles. The Kier molecular flexibility index (Phi) is 5.24. The third-order valence-corrected chi connectivity index (χ3v) is 4.97. The maximum absolute atomic E-state index is 14.3. The van der Waals surface area contributed by atoms with E-state index in [1.54, 1.807) is 29.3 Å². The molecule has 1 aliphatic rings. The lowest BCUT2D eigenvalue weighted by molar-refractivity contribution is 0.0765. The molecule has 3 aromatic rings. The molecular weight excluding hydrogens is 378 g/mol. The topological polar surface area (TPSA) is 71.1 Å². The average molecular weight is 398 g/mol. The second-order valence-electron chi connectivity index (χ2n) is 6.88. The highest BCUT2D eigenvalue weighted by Crippen LogP contribution is 2.24. The molecule has 3 heterocycles. The van der Waals surface area contributed by atoms with Crippen molar-refractivity contribution in [1.82, 2.24) is 19.9 Å². The van der Waals surface area contributed by atoms with Gasteiger partial charge in [-0.25, -0.2) is 9.37 Å². The van der Waals surface area contributed by atoms with Crippen molar-refractivity contribution in [3.05, 3.63) is 65.9 Å². The number of aromatic nitrogens is 3. The van der Waals surface area contributed by atoms with Gasteiger partial charge in [0.1, 0.15) is 23.9 Å². The Morgan fingerprint density at radius 1 is 1.24 bits per heavy atom. The van der Waals surface area contributed by atoms with Crippen molar-refractivity contribution in [1.29, 1.82) is 0 Å². The number of halogens is 2. The fourth-order valence-corrected chi connectivity index (χ4v) is 3.38. The third-order valence-electron chi connectivity index (χ3n) is 4.97. The Bertz CT molecular complexity index is 1020. The predicted molar refractivity (Wildman–Crippen MR) is 102 cm³/mol. The molecule has 0 unspecified atom stereocenters. The number of hydrogen-bond acceptors (Lipinski definition) is 4. The number of nitrogens with one attached hydrogen (secondary N) is 1. The maximum Gasteiger partial charge on any atom is 0.270 e. The van der Waals surface area contributed by atoms with Gasteiger partial charge in [0.25, 0.3) is 11.8 Å². The van der Waals surface area contributed by atoms with Gasteiger partial charge in [-0.2, -0.15) is 9.37 Å². The molecule has 150 valence electrons. The van der Waals surface area contributed by atoms with Gasteiger partial charge in [0.2, 0.25) is 5.82 Å². The van der Waals surface area contributed by atoms with E-state index in [1.807, 2.05) is 6.92 Å². The van der Waals surface area contributed by atoms with Crippen molar-refractivity contribution in [3.63, 3.8) is 0 Å². The monoisotopic (exact) mass is 398 g/mol. The van der Waals surface area contributed by atoms with Gasteiger partial charge >= 0.3 is 0 Å². The number of benzene rings is 1. The van der Waals surface area contributed by atoms with Crippen molar-refractivity contribution in [2.45, 2.75) is 25.9 Å². The minimum absolute atomic E-state index is 0.0744. The lowest BCUT2D eigenvalue weighted by Gasteiger charge is -2.16. The first-order chi connectivity index (χ1) is 14.0. The number of amides is 1. The molecule has 1 N–H and O–H groups in total. The van der Waals surface area contributed by atoms with Gasteiger partial charge in [0, 0.05) is 19.2 Å². The molecule has 2 aromatic heterocycles. The van der Waals surface area contributed by atoms with Gasteiger partial charge in [-0.3, -0.25) is 4.79 Å². The Balaban J connectivity index is 1.42. The zero-order chi connectivity index (χ0) is 20.4. The molecule has 29 heavy (non-hydrogen) atoms. The number of likely N-dealkylation sites (tertiary alicyclic amines) is 1. The number of carbonyl (C=O) groups is 1. The van der Waals surface area contributed by atoms with Crippen LogP contribution in [-0.4, -0.2) is 45.0 Å².